The Balaban J connectivity index is 1.57. The second-order valence-electron chi connectivity index (χ2n) is 8.84. The van der Waals surface area contributed by atoms with Gasteiger partial charge < -0.3 is 14.8 Å². The summed E-state index contributed by atoms with van der Waals surface area (Å²) in [5.74, 6) is -0.539. The van der Waals surface area contributed by atoms with Gasteiger partial charge in [-0.1, -0.05) is 54.1 Å². The lowest BCUT2D eigenvalue weighted by Gasteiger charge is -2.29. The Morgan fingerprint density at radius 1 is 0.972 bits per heavy atom. The van der Waals surface area contributed by atoms with Gasteiger partial charge in [-0.15, -0.1) is 0 Å². The molecule has 3 aromatic carbocycles. The number of Topliss-reactive ketones (excluding diaryl/α,β-unsaturated/α-hetero) is 1. The number of carbonyl (C=O) groups is 2. The number of hydrogen-bond donors (Lipinski definition) is 1. The first-order valence-corrected chi connectivity index (χ1v) is 13.0. The number of methoxy groups -OCH3 is 1. The number of esters is 1. The van der Waals surface area contributed by atoms with Crippen LogP contribution < -0.4 is 10.1 Å². The molecule has 1 atom stereocenters. The van der Waals surface area contributed by atoms with Gasteiger partial charge in [0.1, 0.15) is 12.4 Å². The molecular weight excluding hydrogens is 586 g/mol. The highest BCUT2D eigenvalue weighted by atomic mass is 79.9. The quantitative estimate of drug-likeness (QED) is 0.321. The van der Waals surface area contributed by atoms with E-state index in [1.165, 1.54) is 12.7 Å². The molecule has 2 aliphatic rings. The Kier molecular flexibility index (Phi) is 6.62. The Morgan fingerprint density at radius 2 is 1.61 bits per heavy atom. The number of carbonyl (C=O) groups excluding carboxylic acids is 2. The summed E-state index contributed by atoms with van der Waals surface area (Å²) < 4.78 is 12.7. The van der Waals surface area contributed by atoms with Crippen molar-refractivity contribution in [1.29, 1.82) is 0 Å². The van der Waals surface area contributed by atoms with Crippen molar-refractivity contribution in [1.82, 2.24) is 5.32 Å². The van der Waals surface area contributed by atoms with E-state index in [-0.39, 0.29) is 5.78 Å². The highest BCUT2D eigenvalue weighted by Gasteiger charge is 2.43. The van der Waals surface area contributed by atoms with E-state index >= 15 is 0 Å². The fraction of sp³-hybridized carbons (Fsp3) is 0.172. The van der Waals surface area contributed by atoms with E-state index < -0.39 is 11.9 Å². The van der Waals surface area contributed by atoms with Crippen LogP contribution in [0, 0.1) is 6.92 Å². The molecule has 0 aromatic heterocycles. The number of hydrogen-bond acceptors (Lipinski definition) is 5. The largest absolute Gasteiger partial charge is 0.487 e. The minimum atomic E-state index is -0.604. The zero-order chi connectivity index (χ0) is 25.6. The molecular formula is C29H23Br2NO4. The van der Waals surface area contributed by atoms with Crippen LogP contribution in [0.4, 0.5) is 0 Å². The number of nitrogens with one attached hydrogen (secondary N) is 1. The molecule has 0 fully saturated rings. The van der Waals surface area contributed by atoms with Gasteiger partial charge in [-0.05, 0) is 69.0 Å². The van der Waals surface area contributed by atoms with Crippen molar-refractivity contribution in [2.75, 3.05) is 7.11 Å². The number of ether oxygens (including phenoxy) is 2. The van der Waals surface area contributed by atoms with Crippen molar-refractivity contribution in [3.8, 4) is 5.75 Å². The van der Waals surface area contributed by atoms with Crippen molar-refractivity contribution in [3.63, 3.8) is 0 Å². The van der Waals surface area contributed by atoms with Gasteiger partial charge in [0, 0.05) is 28.3 Å². The molecule has 1 aliphatic carbocycles. The molecule has 0 amide bonds. The summed E-state index contributed by atoms with van der Waals surface area (Å²) in [6, 6.07) is 19.5. The molecule has 0 saturated carbocycles. The second-order valence-corrected chi connectivity index (χ2v) is 10.5. The van der Waals surface area contributed by atoms with E-state index in [2.05, 4.69) is 37.2 Å². The normalized spacial score (nSPS) is 16.5. The Morgan fingerprint density at radius 3 is 2.25 bits per heavy atom. The summed E-state index contributed by atoms with van der Waals surface area (Å²) in [5, 5.41) is 3.30. The van der Waals surface area contributed by atoms with E-state index in [0.29, 0.717) is 43.7 Å². The third-order valence-electron chi connectivity index (χ3n) is 6.51. The molecule has 0 spiro atoms. The molecule has 0 saturated heterocycles. The van der Waals surface area contributed by atoms with Gasteiger partial charge in [-0.25, -0.2) is 4.79 Å². The van der Waals surface area contributed by atoms with Gasteiger partial charge >= 0.3 is 5.97 Å². The van der Waals surface area contributed by atoms with Gasteiger partial charge in [0.2, 0.25) is 0 Å². The van der Waals surface area contributed by atoms with Crippen LogP contribution in [0.3, 0.4) is 0 Å². The van der Waals surface area contributed by atoms with E-state index in [4.69, 9.17) is 9.47 Å². The van der Waals surface area contributed by atoms with Gasteiger partial charge in [0.25, 0.3) is 0 Å². The lowest BCUT2D eigenvalue weighted by Crippen LogP contribution is -2.29. The molecule has 5 rings (SSSR count). The standard InChI is InChI=1S/C29H23Br2NO4/c1-15-8-10-17(11-9-15)14-36-28-21(30)12-18(13-22(28)31)24-23(29(34)35-3)16(2)32-26-19-6-4-5-7-20(19)27(33)25(24)26/h4-13,24,32H,14H2,1-3H3/t24-/m1/s1. The van der Waals surface area contributed by atoms with Crippen molar-refractivity contribution in [2.24, 2.45) is 0 Å². The van der Waals surface area contributed by atoms with Crippen LogP contribution in [0.5, 0.6) is 5.75 Å². The Labute approximate surface area is 226 Å². The lowest BCUT2D eigenvalue weighted by molar-refractivity contribution is -0.136. The van der Waals surface area contributed by atoms with Crippen LogP contribution in [0.1, 0.15) is 45.5 Å². The number of fused-ring (bicyclic) bond motifs is 2. The van der Waals surface area contributed by atoms with Gasteiger partial charge in [0.15, 0.2) is 5.78 Å². The maximum Gasteiger partial charge on any atom is 0.336 e. The zero-order valence-corrected chi connectivity index (χ0v) is 23.1. The third kappa shape index (κ3) is 4.20. The number of dihydropyridines is 1. The zero-order valence-electron chi connectivity index (χ0n) is 19.9. The topological polar surface area (TPSA) is 64.6 Å². The summed E-state index contributed by atoms with van der Waals surface area (Å²) in [6.07, 6.45) is 0. The summed E-state index contributed by atoms with van der Waals surface area (Å²) >= 11 is 7.30. The van der Waals surface area contributed by atoms with Crippen molar-refractivity contribution < 1.29 is 19.1 Å². The van der Waals surface area contributed by atoms with Crippen LogP contribution in [0.25, 0.3) is 5.70 Å². The predicted octanol–water partition coefficient (Wildman–Crippen LogP) is 6.84. The Bertz CT molecular complexity index is 1450. The highest BCUT2D eigenvalue weighted by molar-refractivity contribution is 9.11. The first kappa shape index (κ1) is 24.5. The van der Waals surface area contributed by atoms with Crippen LogP contribution in [-0.4, -0.2) is 18.9 Å². The third-order valence-corrected chi connectivity index (χ3v) is 7.69. The fourth-order valence-corrected chi connectivity index (χ4v) is 6.22. The molecule has 0 bridgehead atoms. The molecule has 0 unspecified atom stereocenters. The number of halogens is 2. The molecule has 5 nitrogen and oxygen atoms in total. The smallest absolute Gasteiger partial charge is 0.336 e. The molecule has 0 radical (unpaired) electrons. The number of ketones is 1. The average molecular weight is 609 g/mol. The van der Waals surface area contributed by atoms with E-state index in [0.717, 1.165) is 22.4 Å². The summed E-state index contributed by atoms with van der Waals surface area (Å²) in [4.78, 5) is 26.5. The minimum absolute atomic E-state index is 0.0982. The van der Waals surface area contributed by atoms with E-state index in [1.54, 1.807) is 0 Å². The van der Waals surface area contributed by atoms with Crippen LogP contribution in [0.15, 0.2) is 86.5 Å². The highest BCUT2D eigenvalue weighted by Crippen LogP contribution is 2.48. The molecule has 36 heavy (non-hydrogen) atoms. The Hall–Kier alpha value is -3.16. The first-order chi connectivity index (χ1) is 17.3. The SMILES string of the molecule is COC(=O)C1=C(C)NC2=C(C(=O)c3ccccc32)[C@@H]1c1cc(Br)c(OCc2ccc(C)cc2)c(Br)c1. The molecule has 1 heterocycles. The average Bonchev–Trinajstić information content (AvgIpc) is 3.14. The number of rotatable bonds is 5. The number of aryl methyl sites for hydroxylation is 1. The molecule has 1 N–H and O–H groups in total. The van der Waals surface area contributed by atoms with Crippen LogP contribution in [-0.2, 0) is 16.1 Å². The first-order valence-electron chi connectivity index (χ1n) is 11.4. The maximum absolute atomic E-state index is 13.6. The minimum Gasteiger partial charge on any atom is -0.487 e. The summed E-state index contributed by atoms with van der Waals surface area (Å²) in [5.41, 5.74) is 6.80. The number of allylic oxidation sites excluding steroid dienone is 2. The predicted molar refractivity (Wildman–Crippen MR) is 146 cm³/mol. The number of benzene rings is 3. The van der Waals surface area contributed by atoms with Gasteiger partial charge in [-0.2, -0.15) is 0 Å². The van der Waals surface area contributed by atoms with Crippen LogP contribution in [0.2, 0.25) is 0 Å². The lowest BCUT2D eigenvalue weighted by atomic mass is 9.80. The second kappa shape index (κ2) is 9.71. The van der Waals surface area contributed by atoms with Gasteiger partial charge in [0.05, 0.1) is 27.3 Å². The van der Waals surface area contributed by atoms with Crippen LogP contribution >= 0.6 is 31.9 Å². The van der Waals surface area contributed by atoms with Crippen molar-refractivity contribution >= 4 is 49.3 Å². The summed E-state index contributed by atoms with van der Waals surface area (Å²) in [6.45, 7) is 4.28. The monoisotopic (exact) mass is 607 g/mol. The molecule has 7 heteroatoms. The molecule has 3 aromatic rings. The van der Waals surface area contributed by atoms with E-state index in [9.17, 15) is 9.59 Å². The summed E-state index contributed by atoms with van der Waals surface area (Å²) in [7, 11) is 1.35. The van der Waals surface area contributed by atoms with Crippen molar-refractivity contribution in [2.45, 2.75) is 26.4 Å². The van der Waals surface area contributed by atoms with Gasteiger partial charge in [-0.3, -0.25) is 4.79 Å². The molecule has 1 aliphatic heterocycles. The fourth-order valence-electron chi connectivity index (χ4n) is 4.77. The maximum atomic E-state index is 13.6. The van der Waals surface area contributed by atoms with Crippen molar-refractivity contribution in [3.05, 3.63) is 114 Å². The van der Waals surface area contributed by atoms with E-state index in [1.807, 2.05) is 74.5 Å². The molecule has 182 valence electrons.